The molecule has 0 amide bonds. The molecule has 2 nitrogen and oxygen atoms in total. The average molecular weight is 278 g/mol. The Labute approximate surface area is 130 Å². The lowest BCUT2D eigenvalue weighted by atomic mass is 10.2. The van der Waals surface area contributed by atoms with E-state index in [1.54, 1.807) is 13.0 Å². The minimum atomic E-state index is 0. The molecule has 114 valence electrons. The number of carbonyl (C=O) groups is 1. The number of rotatable bonds is 5. The molecule has 0 aliphatic heterocycles. The Morgan fingerprint density at radius 1 is 1.05 bits per heavy atom. The van der Waals surface area contributed by atoms with E-state index in [1.807, 2.05) is 6.08 Å². The zero-order valence-electron chi connectivity index (χ0n) is 12.0. The van der Waals surface area contributed by atoms with Crippen LogP contribution >= 0.6 is 0 Å². The number of hydrogen-bond acceptors (Lipinski definition) is 1. The van der Waals surface area contributed by atoms with Gasteiger partial charge in [0.1, 0.15) is 6.29 Å². The number of aldehydes is 1. The molecular formula is C18H30O2. The normalized spacial score (nSPS) is 7.25. The monoisotopic (exact) mass is 278 g/mol. The van der Waals surface area contributed by atoms with Crippen molar-refractivity contribution in [3.05, 3.63) is 24.3 Å². The van der Waals surface area contributed by atoms with Gasteiger partial charge < -0.3 is 5.48 Å². The van der Waals surface area contributed by atoms with Gasteiger partial charge in [0.25, 0.3) is 0 Å². The zero-order chi connectivity index (χ0) is 14.6. The summed E-state index contributed by atoms with van der Waals surface area (Å²) in [6.07, 6.45) is 16.4. The van der Waals surface area contributed by atoms with Crippen LogP contribution in [-0.2, 0) is 4.79 Å². The largest absolute Gasteiger partial charge is 0.412 e. The molecule has 2 heteroatoms. The fourth-order valence-corrected chi connectivity index (χ4v) is 0.799. The predicted molar refractivity (Wildman–Crippen MR) is 95.9 cm³/mol. The van der Waals surface area contributed by atoms with Crippen LogP contribution in [-0.4, -0.2) is 11.8 Å². The molecule has 0 rings (SSSR count). The molecule has 0 heterocycles. The van der Waals surface area contributed by atoms with Gasteiger partial charge in [-0.15, -0.1) is 6.42 Å². The number of unbranched alkanes of at least 4 members (excludes halogenated alkanes) is 2. The second kappa shape index (κ2) is 25.3. The molecule has 0 saturated carbocycles. The molecule has 0 unspecified atom stereocenters. The summed E-state index contributed by atoms with van der Waals surface area (Å²) < 4.78 is 0. The number of hydrogen-bond donors (Lipinski definition) is 0. The molecule has 0 radical (unpaired) electrons. The van der Waals surface area contributed by atoms with E-state index in [0.717, 1.165) is 12.7 Å². The van der Waals surface area contributed by atoms with Gasteiger partial charge >= 0.3 is 0 Å². The quantitative estimate of drug-likeness (QED) is 0.249. The summed E-state index contributed by atoms with van der Waals surface area (Å²) in [6, 6.07) is 0. The third-order valence-electron chi connectivity index (χ3n) is 1.61. The van der Waals surface area contributed by atoms with Crippen LogP contribution in [0.25, 0.3) is 0 Å². The van der Waals surface area contributed by atoms with Gasteiger partial charge in [-0.1, -0.05) is 43.9 Å². The summed E-state index contributed by atoms with van der Waals surface area (Å²) in [7, 11) is 0. The molecule has 0 aromatic heterocycles. The van der Waals surface area contributed by atoms with Crippen molar-refractivity contribution in [2.45, 2.75) is 33.1 Å². The van der Waals surface area contributed by atoms with E-state index in [-0.39, 0.29) is 12.6 Å². The van der Waals surface area contributed by atoms with E-state index >= 15 is 0 Å². The summed E-state index contributed by atoms with van der Waals surface area (Å²) >= 11 is 0. The van der Waals surface area contributed by atoms with E-state index < -0.39 is 0 Å². The Balaban J connectivity index is -0.0000000312. The Bertz CT molecular complexity index is 515. The van der Waals surface area contributed by atoms with Crippen molar-refractivity contribution >= 4 is 6.29 Å². The van der Waals surface area contributed by atoms with Crippen molar-refractivity contribution in [2.24, 2.45) is 0 Å². The van der Waals surface area contributed by atoms with Gasteiger partial charge in [0.05, 0.1) is 0 Å². The molecule has 0 aromatic rings. The van der Waals surface area contributed by atoms with Crippen LogP contribution in [0.4, 0.5) is 0 Å². The molecule has 20 heavy (non-hydrogen) atoms. The van der Waals surface area contributed by atoms with Crippen molar-refractivity contribution in [2.75, 3.05) is 0 Å². The van der Waals surface area contributed by atoms with Crippen LogP contribution in [0.3, 0.4) is 0 Å². The first-order valence-corrected chi connectivity index (χ1v) is 5.97. The lowest BCUT2D eigenvalue weighted by Gasteiger charge is -1.84. The first-order chi connectivity index (χ1) is 9.33. The highest BCUT2D eigenvalue weighted by atomic mass is 16.1. The second-order valence-corrected chi connectivity index (χ2v) is 3.11. The van der Waals surface area contributed by atoms with Crippen molar-refractivity contribution in [1.29, 1.82) is 0 Å². The minimum Gasteiger partial charge on any atom is -0.412 e. The van der Waals surface area contributed by atoms with Gasteiger partial charge in [-0.25, -0.2) is 0 Å². The third kappa shape index (κ3) is 29.5. The minimum absolute atomic E-state index is 0. The van der Waals surface area contributed by atoms with E-state index in [2.05, 4.69) is 54.4 Å². The first-order valence-electron chi connectivity index (χ1n) is 5.97. The smallest absolute Gasteiger partial charge is 0.142 e. The van der Waals surface area contributed by atoms with E-state index in [1.165, 1.54) is 18.9 Å². The molecule has 0 spiro atoms. The SMILES string of the molecule is C#CC#CC#CC#CC.CCCC/C=C/C=C/C=O.O.[HH].[HH].[HH].[HH].[HH]. The van der Waals surface area contributed by atoms with Gasteiger partial charge in [0.15, 0.2) is 0 Å². The average Bonchev–Trinajstić information content (AvgIpc) is 2.43. The highest BCUT2D eigenvalue weighted by molar-refractivity contribution is 5.65. The summed E-state index contributed by atoms with van der Waals surface area (Å²) in [5.74, 6) is 17.0. The lowest BCUT2D eigenvalue weighted by Crippen LogP contribution is -1.65. The second-order valence-electron chi connectivity index (χ2n) is 3.11. The Morgan fingerprint density at radius 3 is 2.25 bits per heavy atom. The summed E-state index contributed by atoms with van der Waals surface area (Å²) in [5.41, 5.74) is 0. The third-order valence-corrected chi connectivity index (χ3v) is 1.61. The van der Waals surface area contributed by atoms with Gasteiger partial charge in [-0.05, 0) is 54.9 Å². The van der Waals surface area contributed by atoms with Crippen LogP contribution in [0.2, 0.25) is 0 Å². The Hall–Kier alpha value is -2.65. The van der Waals surface area contributed by atoms with E-state index in [9.17, 15) is 4.79 Å². The molecule has 0 aliphatic carbocycles. The standard InChI is InChI=1S/C9H14O.C9H4.H2O.5H2/c1-2-3-4-5-6-7-8-9-10;1-3-5-7-9-8-6-4-2;;;;;;/h5-9H,2-4H2,1H3;1H,2H3;1H2;5*1H/b6-5+,8-7+;;;;;;;. The van der Waals surface area contributed by atoms with Crippen molar-refractivity contribution in [1.82, 2.24) is 0 Å². The molecule has 0 saturated heterocycles. The van der Waals surface area contributed by atoms with Gasteiger partial charge in [0, 0.05) is 7.13 Å². The van der Waals surface area contributed by atoms with Gasteiger partial charge in [-0.2, -0.15) is 0 Å². The van der Waals surface area contributed by atoms with E-state index in [0.29, 0.717) is 0 Å². The maximum absolute atomic E-state index is 9.77. The number of terminal acetylenes is 1. The van der Waals surface area contributed by atoms with Gasteiger partial charge in [-0.3, -0.25) is 4.79 Å². The van der Waals surface area contributed by atoms with Crippen LogP contribution in [0.15, 0.2) is 24.3 Å². The fraction of sp³-hybridized carbons (Fsp3) is 0.278. The fourth-order valence-electron chi connectivity index (χ4n) is 0.799. The number of allylic oxidation sites excluding steroid dienone is 4. The van der Waals surface area contributed by atoms with Gasteiger partial charge in [0.2, 0.25) is 0 Å². The molecular weight excluding hydrogens is 248 g/mol. The highest BCUT2D eigenvalue weighted by Gasteiger charge is 1.74. The molecule has 0 aromatic carbocycles. The summed E-state index contributed by atoms with van der Waals surface area (Å²) in [5, 5.41) is 0. The van der Waals surface area contributed by atoms with Crippen molar-refractivity contribution in [3.63, 3.8) is 0 Å². The van der Waals surface area contributed by atoms with Crippen LogP contribution in [0.1, 0.15) is 40.2 Å². The predicted octanol–water partition coefficient (Wildman–Crippen LogP) is 3.54. The van der Waals surface area contributed by atoms with E-state index in [4.69, 9.17) is 6.42 Å². The topological polar surface area (TPSA) is 48.6 Å². The Kier molecular flexibility index (Phi) is 28.4. The van der Waals surface area contributed by atoms with Crippen LogP contribution < -0.4 is 0 Å². The molecule has 0 atom stereocenters. The molecule has 0 fully saturated rings. The number of carbonyl (C=O) groups excluding carboxylic acids is 1. The highest BCUT2D eigenvalue weighted by Crippen LogP contribution is 1.94. The summed E-state index contributed by atoms with van der Waals surface area (Å²) in [6.45, 7) is 3.87. The Morgan fingerprint density at radius 2 is 1.70 bits per heavy atom. The first kappa shape index (κ1) is 22.5. The van der Waals surface area contributed by atoms with Crippen molar-refractivity contribution in [3.8, 4) is 47.9 Å². The molecule has 2 N–H and O–H groups in total. The molecule has 0 aliphatic rings. The molecule has 0 bridgehead atoms. The zero-order valence-corrected chi connectivity index (χ0v) is 12.0. The van der Waals surface area contributed by atoms with Crippen LogP contribution in [0, 0.1) is 47.9 Å². The lowest BCUT2D eigenvalue weighted by molar-refractivity contribution is -0.104. The maximum Gasteiger partial charge on any atom is 0.142 e. The summed E-state index contributed by atoms with van der Waals surface area (Å²) in [4.78, 5) is 9.77. The maximum atomic E-state index is 9.77. The van der Waals surface area contributed by atoms with Crippen molar-refractivity contribution < 1.29 is 17.4 Å². The van der Waals surface area contributed by atoms with Crippen LogP contribution in [0.5, 0.6) is 0 Å².